The van der Waals surface area contributed by atoms with Gasteiger partial charge in [0.1, 0.15) is 17.5 Å². The summed E-state index contributed by atoms with van der Waals surface area (Å²) in [6, 6.07) is 4.15. The van der Waals surface area contributed by atoms with E-state index in [1.807, 2.05) is 0 Å². The summed E-state index contributed by atoms with van der Waals surface area (Å²) < 4.78 is 12.7. The van der Waals surface area contributed by atoms with E-state index in [4.69, 9.17) is 9.47 Å². The zero-order chi connectivity index (χ0) is 18.8. The normalized spacial score (nSPS) is 45.5. The molecule has 2 aliphatic heterocycles. The maximum atomic E-state index is 12.7. The Morgan fingerprint density at radius 1 is 1.37 bits per heavy atom. The molecule has 2 fully saturated rings. The van der Waals surface area contributed by atoms with Crippen molar-refractivity contribution in [3.63, 3.8) is 0 Å². The third kappa shape index (κ3) is 1.43. The molecular formula is C22H25NO4. The zero-order valence-electron chi connectivity index (χ0n) is 16.0. The third-order valence-corrected chi connectivity index (χ3v) is 8.56. The topological polar surface area (TPSA) is 59.0 Å². The van der Waals surface area contributed by atoms with E-state index in [0.717, 1.165) is 25.8 Å². The fraction of sp³-hybridized carbons (Fsp3) is 0.591. The summed E-state index contributed by atoms with van der Waals surface area (Å²) in [5.41, 5.74) is 1.30. The van der Waals surface area contributed by atoms with Crippen LogP contribution in [0.5, 0.6) is 11.5 Å². The van der Waals surface area contributed by atoms with Crippen molar-refractivity contribution < 1.29 is 19.4 Å². The summed E-state index contributed by atoms with van der Waals surface area (Å²) in [5.74, 6) is 0.762. The number of fused-ring (bicyclic) bond motifs is 1. The predicted molar refractivity (Wildman–Crippen MR) is 99.0 cm³/mol. The smallest absolute Gasteiger partial charge is 0.165 e. The van der Waals surface area contributed by atoms with E-state index < -0.39 is 5.60 Å². The molecular weight excluding hydrogens is 342 g/mol. The van der Waals surface area contributed by atoms with Crippen LogP contribution in [0.25, 0.3) is 0 Å². The van der Waals surface area contributed by atoms with Crippen molar-refractivity contribution in [1.29, 1.82) is 0 Å². The Kier molecular flexibility index (Phi) is 2.74. The number of carbonyl (C=O) groups is 1. The summed E-state index contributed by atoms with van der Waals surface area (Å²) in [6.45, 7) is 2.66. The van der Waals surface area contributed by atoms with Gasteiger partial charge in [0.05, 0.1) is 11.3 Å². The molecule has 5 heteroatoms. The molecule has 7 rings (SSSR count). The van der Waals surface area contributed by atoms with Crippen LogP contribution < -0.4 is 4.74 Å². The number of aromatic hydroxyl groups is 1. The van der Waals surface area contributed by atoms with Crippen LogP contribution in [-0.2, 0) is 21.4 Å². The monoisotopic (exact) mass is 367 g/mol. The van der Waals surface area contributed by atoms with Crippen LogP contribution in [0.2, 0.25) is 0 Å². The Bertz CT molecular complexity index is 925. The molecule has 0 radical (unpaired) electrons. The van der Waals surface area contributed by atoms with Crippen molar-refractivity contribution in [3.05, 3.63) is 35.4 Å². The predicted octanol–water partition coefficient (Wildman–Crippen LogP) is 2.20. The Morgan fingerprint density at radius 3 is 2.93 bits per heavy atom. The number of piperidine rings is 1. The first-order valence-corrected chi connectivity index (χ1v) is 9.89. The number of carbonyl (C=O) groups excluding carboxylic acids is 1. The number of benzene rings is 1. The molecule has 1 N–H and O–H groups in total. The summed E-state index contributed by atoms with van der Waals surface area (Å²) in [4.78, 5) is 15.2. The molecule has 0 amide bonds. The van der Waals surface area contributed by atoms with Crippen molar-refractivity contribution in [2.45, 2.75) is 49.3 Å². The van der Waals surface area contributed by atoms with Gasteiger partial charge >= 0.3 is 0 Å². The Balaban J connectivity index is 1.73. The van der Waals surface area contributed by atoms with E-state index >= 15 is 0 Å². The van der Waals surface area contributed by atoms with Gasteiger partial charge in [0.15, 0.2) is 11.5 Å². The lowest BCUT2D eigenvalue weighted by atomic mass is 9.37. The first-order valence-electron chi connectivity index (χ1n) is 9.89. The number of nitrogens with zero attached hydrogens (tertiary/aromatic N) is 1. The minimum Gasteiger partial charge on any atom is -0.504 e. The molecule has 0 unspecified atom stereocenters. The number of rotatable bonds is 2. The Morgan fingerprint density at radius 2 is 2.19 bits per heavy atom. The molecule has 6 atom stereocenters. The summed E-state index contributed by atoms with van der Waals surface area (Å²) >= 11 is 0. The molecule has 2 heterocycles. The van der Waals surface area contributed by atoms with Gasteiger partial charge in [-0.2, -0.15) is 0 Å². The average Bonchev–Trinajstić information content (AvgIpc) is 3.03. The fourth-order valence-corrected chi connectivity index (χ4v) is 7.52. The van der Waals surface area contributed by atoms with E-state index in [9.17, 15) is 9.90 Å². The molecule has 1 aromatic carbocycles. The maximum absolute atomic E-state index is 12.7. The minimum absolute atomic E-state index is 0.158. The van der Waals surface area contributed by atoms with Crippen LogP contribution in [0.15, 0.2) is 24.3 Å². The molecule has 0 aromatic heterocycles. The summed E-state index contributed by atoms with van der Waals surface area (Å²) in [6.07, 6.45) is 6.85. The Labute approximate surface area is 158 Å². The van der Waals surface area contributed by atoms with Gasteiger partial charge in [0.2, 0.25) is 0 Å². The van der Waals surface area contributed by atoms with Crippen LogP contribution in [-0.4, -0.2) is 54.2 Å². The highest BCUT2D eigenvalue weighted by atomic mass is 16.6. The molecule has 6 aliphatic rings. The number of Topliss-reactive ketones (excluding diaryl/α,β-unsaturated/α-hetero) is 1. The second-order valence-electron chi connectivity index (χ2n) is 9.17. The van der Waals surface area contributed by atoms with Gasteiger partial charge in [0.25, 0.3) is 0 Å². The van der Waals surface area contributed by atoms with Gasteiger partial charge in [0, 0.05) is 24.1 Å². The van der Waals surface area contributed by atoms with E-state index in [1.165, 1.54) is 11.1 Å². The van der Waals surface area contributed by atoms with Crippen LogP contribution in [0.1, 0.15) is 30.9 Å². The van der Waals surface area contributed by atoms with Crippen LogP contribution in [0.4, 0.5) is 0 Å². The molecule has 1 saturated carbocycles. The molecule has 2 spiro atoms. The van der Waals surface area contributed by atoms with Crippen molar-refractivity contribution in [2.24, 2.45) is 11.3 Å². The van der Waals surface area contributed by atoms with Crippen molar-refractivity contribution in [2.75, 3.05) is 20.7 Å². The lowest BCUT2D eigenvalue weighted by Crippen LogP contribution is -2.79. The molecule has 1 saturated heterocycles. The molecule has 5 nitrogen and oxygen atoms in total. The van der Waals surface area contributed by atoms with Gasteiger partial charge in [-0.3, -0.25) is 4.79 Å². The highest BCUT2D eigenvalue weighted by molar-refractivity contribution is 5.82. The van der Waals surface area contributed by atoms with Crippen LogP contribution in [0.3, 0.4) is 0 Å². The average molecular weight is 367 g/mol. The number of phenolic OH excluding ortho intramolecular Hbond substituents is 1. The number of methoxy groups -OCH3 is 1. The van der Waals surface area contributed by atoms with E-state index in [-0.39, 0.29) is 34.4 Å². The first-order chi connectivity index (χ1) is 12.9. The Hall–Kier alpha value is -1.85. The maximum Gasteiger partial charge on any atom is 0.165 e. The molecule has 4 bridgehead atoms. The summed E-state index contributed by atoms with van der Waals surface area (Å²) in [5, 5.41) is 10.6. The van der Waals surface area contributed by atoms with Gasteiger partial charge in [-0.15, -0.1) is 0 Å². The quantitative estimate of drug-likeness (QED) is 0.812. The number of hydrogen-bond donors (Lipinski definition) is 1. The molecule has 4 aliphatic carbocycles. The lowest BCUT2D eigenvalue weighted by Gasteiger charge is -2.70. The van der Waals surface area contributed by atoms with Gasteiger partial charge in [-0.05, 0) is 51.4 Å². The SMILES string of the molecule is CO[C@]12C=C[C@@]3(C[C@H]1C(C)=O)[C@H]1Cc4ccc(O)c5c4[C@@]3(CCN1C)[C@H]2O5. The standard InChI is InChI=1S/C22H25NO4/c1-12(24)14-11-20-6-7-22(14,26-3)19-21(20)8-9-23(2)16(20)10-13-4-5-15(25)18(27-19)17(13)21/h4-7,14,16,19,25H,8-11H2,1-3H3/t14-,16+,19+,20+,21-,22+/m0/s1. The number of ketones is 1. The van der Waals surface area contributed by atoms with Crippen LogP contribution >= 0.6 is 0 Å². The molecule has 1 aromatic rings. The van der Waals surface area contributed by atoms with Gasteiger partial charge in [-0.25, -0.2) is 0 Å². The minimum atomic E-state index is -0.770. The molecule has 142 valence electrons. The number of ether oxygens (including phenoxy) is 2. The lowest BCUT2D eigenvalue weighted by molar-refractivity contribution is -0.212. The number of hydrogen-bond acceptors (Lipinski definition) is 5. The van der Waals surface area contributed by atoms with Gasteiger partial charge < -0.3 is 19.5 Å². The van der Waals surface area contributed by atoms with E-state index in [0.29, 0.717) is 11.8 Å². The van der Waals surface area contributed by atoms with E-state index in [1.54, 1.807) is 20.1 Å². The third-order valence-electron chi connectivity index (χ3n) is 8.56. The zero-order valence-corrected chi connectivity index (χ0v) is 16.0. The van der Waals surface area contributed by atoms with Crippen molar-refractivity contribution in [3.8, 4) is 11.5 Å². The van der Waals surface area contributed by atoms with Crippen molar-refractivity contribution >= 4 is 5.78 Å². The first kappa shape index (κ1) is 16.1. The largest absolute Gasteiger partial charge is 0.504 e. The fourth-order valence-electron chi connectivity index (χ4n) is 7.52. The number of phenols is 1. The second kappa shape index (κ2) is 4.58. The highest BCUT2D eigenvalue weighted by Gasteiger charge is 2.79. The van der Waals surface area contributed by atoms with Crippen molar-refractivity contribution in [1.82, 2.24) is 4.90 Å². The van der Waals surface area contributed by atoms with Gasteiger partial charge in [-0.1, -0.05) is 18.2 Å². The number of likely N-dealkylation sites (N-methyl/N-ethyl adjacent to an activating group) is 1. The van der Waals surface area contributed by atoms with Crippen LogP contribution in [0, 0.1) is 11.3 Å². The second-order valence-corrected chi connectivity index (χ2v) is 9.17. The van der Waals surface area contributed by atoms with E-state index in [2.05, 4.69) is 30.2 Å². The number of likely N-dealkylation sites (tertiary alicyclic amines) is 1. The highest BCUT2D eigenvalue weighted by Crippen LogP contribution is 2.74. The summed E-state index contributed by atoms with van der Waals surface area (Å²) in [7, 11) is 3.89. The molecule has 27 heavy (non-hydrogen) atoms.